The quantitative estimate of drug-likeness (QED) is 0.665. The van der Waals surface area contributed by atoms with E-state index in [0.717, 1.165) is 22.9 Å². The van der Waals surface area contributed by atoms with Crippen molar-refractivity contribution in [2.24, 2.45) is 0 Å². The van der Waals surface area contributed by atoms with Crippen molar-refractivity contribution in [2.45, 2.75) is 33.6 Å². The lowest BCUT2D eigenvalue weighted by Crippen LogP contribution is -2.24. The SMILES string of the molecule is CCCc1c2[nH]ccc2cc2c(=O)c(C(=O)OCC)c(C(=O)OCC)oc12. The average Bonchev–Trinajstić information content (AvgIpc) is 3.11. The molecule has 142 valence electrons. The van der Waals surface area contributed by atoms with Crippen LogP contribution in [-0.4, -0.2) is 30.1 Å². The first-order valence-electron chi connectivity index (χ1n) is 8.97. The highest BCUT2D eigenvalue weighted by Crippen LogP contribution is 2.29. The van der Waals surface area contributed by atoms with Gasteiger partial charge in [0, 0.05) is 17.1 Å². The Balaban J connectivity index is 2.43. The predicted octanol–water partition coefficient (Wildman–Crippen LogP) is 3.58. The third-order valence-corrected chi connectivity index (χ3v) is 4.24. The normalized spacial score (nSPS) is 11.1. The molecular formula is C20H21NO6. The number of aryl methyl sites for hydroxylation is 1. The summed E-state index contributed by atoms with van der Waals surface area (Å²) in [5, 5.41) is 1.07. The van der Waals surface area contributed by atoms with Crippen LogP contribution >= 0.6 is 0 Å². The number of ether oxygens (including phenoxy) is 2. The maximum atomic E-state index is 13.1. The van der Waals surface area contributed by atoms with Crippen LogP contribution in [0, 0.1) is 0 Å². The molecule has 1 N–H and O–H groups in total. The van der Waals surface area contributed by atoms with Crippen molar-refractivity contribution in [2.75, 3.05) is 13.2 Å². The van der Waals surface area contributed by atoms with Crippen molar-refractivity contribution in [1.29, 1.82) is 0 Å². The third-order valence-electron chi connectivity index (χ3n) is 4.24. The number of fused-ring (bicyclic) bond motifs is 2. The summed E-state index contributed by atoms with van der Waals surface area (Å²) in [6.07, 6.45) is 3.22. The van der Waals surface area contributed by atoms with E-state index in [0.29, 0.717) is 6.42 Å². The summed E-state index contributed by atoms with van der Waals surface area (Å²) in [5.74, 6) is -2.19. The minimum Gasteiger partial charge on any atom is -0.462 e. The molecule has 0 saturated carbocycles. The maximum Gasteiger partial charge on any atom is 0.375 e. The Kier molecular flexibility index (Phi) is 5.30. The van der Waals surface area contributed by atoms with Gasteiger partial charge in [0.1, 0.15) is 5.58 Å². The van der Waals surface area contributed by atoms with Crippen molar-refractivity contribution in [3.8, 4) is 0 Å². The van der Waals surface area contributed by atoms with E-state index in [-0.39, 0.29) is 24.2 Å². The zero-order chi connectivity index (χ0) is 19.6. The van der Waals surface area contributed by atoms with Gasteiger partial charge in [-0.3, -0.25) is 4.79 Å². The number of H-pyrrole nitrogens is 1. The monoisotopic (exact) mass is 371 g/mol. The number of carbonyl (C=O) groups is 2. The highest BCUT2D eigenvalue weighted by atomic mass is 16.5. The minimum atomic E-state index is -0.901. The third kappa shape index (κ3) is 3.20. The summed E-state index contributed by atoms with van der Waals surface area (Å²) >= 11 is 0. The van der Waals surface area contributed by atoms with Gasteiger partial charge < -0.3 is 18.9 Å². The molecule has 0 aliphatic rings. The second-order valence-electron chi connectivity index (χ2n) is 6.00. The average molecular weight is 371 g/mol. The van der Waals surface area contributed by atoms with Crippen molar-refractivity contribution in [1.82, 2.24) is 4.98 Å². The summed E-state index contributed by atoms with van der Waals surface area (Å²) in [5.41, 5.74) is 0.880. The fourth-order valence-corrected chi connectivity index (χ4v) is 3.15. The van der Waals surface area contributed by atoms with Crippen LogP contribution in [0.2, 0.25) is 0 Å². The molecule has 7 heteroatoms. The number of rotatable bonds is 6. The summed E-state index contributed by atoms with van der Waals surface area (Å²) in [6, 6.07) is 3.50. The second-order valence-corrected chi connectivity index (χ2v) is 6.00. The highest BCUT2D eigenvalue weighted by Gasteiger charge is 2.29. The lowest BCUT2D eigenvalue weighted by Gasteiger charge is -2.12. The molecule has 0 amide bonds. The molecule has 0 aliphatic heterocycles. The zero-order valence-electron chi connectivity index (χ0n) is 15.5. The van der Waals surface area contributed by atoms with Gasteiger partial charge in [-0.05, 0) is 32.4 Å². The van der Waals surface area contributed by atoms with Gasteiger partial charge in [-0.15, -0.1) is 0 Å². The Morgan fingerprint density at radius 1 is 1.11 bits per heavy atom. The lowest BCUT2D eigenvalue weighted by atomic mass is 10.0. The molecule has 1 aromatic carbocycles. The largest absolute Gasteiger partial charge is 0.462 e. The first-order valence-corrected chi connectivity index (χ1v) is 8.97. The maximum absolute atomic E-state index is 13.1. The van der Waals surface area contributed by atoms with Crippen molar-refractivity contribution < 1.29 is 23.5 Å². The second kappa shape index (κ2) is 7.65. The molecule has 3 rings (SSSR count). The molecule has 2 aromatic heterocycles. The number of nitrogens with one attached hydrogen (secondary N) is 1. The van der Waals surface area contributed by atoms with Gasteiger partial charge in [-0.25, -0.2) is 9.59 Å². The van der Waals surface area contributed by atoms with E-state index in [1.807, 2.05) is 13.0 Å². The van der Waals surface area contributed by atoms with E-state index in [1.54, 1.807) is 26.1 Å². The molecule has 0 saturated heterocycles. The molecule has 2 heterocycles. The Morgan fingerprint density at radius 2 is 1.81 bits per heavy atom. The zero-order valence-corrected chi connectivity index (χ0v) is 15.5. The highest BCUT2D eigenvalue weighted by molar-refractivity contribution is 6.06. The van der Waals surface area contributed by atoms with Crippen LogP contribution in [0.25, 0.3) is 21.9 Å². The standard InChI is InChI=1S/C20H21NO6/c1-4-7-12-15-11(8-9-21-15)10-13-16(22)14(19(23)25-5-2)18(27-17(12)13)20(24)26-6-3/h8-10,21H,4-7H2,1-3H3. The van der Waals surface area contributed by atoms with E-state index in [2.05, 4.69) is 4.98 Å². The predicted molar refractivity (Wildman–Crippen MR) is 100 cm³/mol. The molecule has 0 radical (unpaired) electrons. The molecule has 0 bridgehead atoms. The van der Waals surface area contributed by atoms with Gasteiger partial charge in [-0.2, -0.15) is 0 Å². The van der Waals surface area contributed by atoms with Crippen LogP contribution < -0.4 is 5.43 Å². The molecule has 0 unspecified atom stereocenters. The first-order chi connectivity index (χ1) is 13.0. The molecule has 0 fully saturated rings. The molecule has 7 nitrogen and oxygen atoms in total. The Hall–Kier alpha value is -3.09. The van der Waals surface area contributed by atoms with E-state index in [9.17, 15) is 14.4 Å². The van der Waals surface area contributed by atoms with Crippen molar-refractivity contribution >= 4 is 33.8 Å². The number of benzene rings is 1. The van der Waals surface area contributed by atoms with Crippen molar-refractivity contribution in [3.63, 3.8) is 0 Å². The Bertz CT molecular complexity index is 1080. The fourth-order valence-electron chi connectivity index (χ4n) is 3.15. The van der Waals surface area contributed by atoms with Crippen molar-refractivity contribution in [3.05, 3.63) is 45.4 Å². The van der Waals surface area contributed by atoms with Gasteiger partial charge >= 0.3 is 11.9 Å². The minimum absolute atomic E-state index is 0.0660. The summed E-state index contributed by atoms with van der Waals surface area (Å²) < 4.78 is 15.8. The number of hydrogen-bond donors (Lipinski definition) is 1. The summed E-state index contributed by atoms with van der Waals surface area (Å²) in [6.45, 7) is 5.40. The van der Waals surface area contributed by atoms with Gasteiger partial charge in [0.2, 0.25) is 11.2 Å². The molecule has 27 heavy (non-hydrogen) atoms. The van der Waals surface area contributed by atoms with Crippen LogP contribution in [0.5, 0.6) is 0 Å². The van der Waals surface area contributed by atoms with E-state index in [1.165, 1.54) is 0 Å². The number of hydrogen-bond acceptors (Lipinski definition) is 6. The van der Waals surface area contributed by atoms with Gasteiger partial charge in [-0.1, -0.05) is 13.3 Å². The summed E-state index contributed by atoms with van der Waals surface area (Å²) in [4.78, 5) is 41.0. The molecule has 0 atom stereocenters. The molecule has 0 spiro atoms. The van der Waals surface area contributed by atoms with Crippen LogP contribution in [0.3, 0.4) is 0 Å². The lowest BCUT2D eigenvalue weighted by molar-refractivity contribution is 0.0447. The van der Waals surface area contributed by atoms with Gasteiger partial charge in [0.05, 0.1) is 24.1 Å². The number of esters is 2. The topological polar surface area (TPSA) is 98.6 Å². The number of aromatic nitrogens is 1. The van der Waals surface area contributed by atoms with Crippen LogP contribution in [-0.2, 0) is 15.9 Å². The molecule has 0 aliphatic carbocycles. The number of carbonyl (C=O) groups excluding carboxylic acids is 2. The summed E-state index contributed by atoms with van der Waals surface area (Å²) in [7, 11) is 0. The molecular weight excluding hydrogens is 350 g/mol. The van der Waals surface area contributed by atoms with E-state index in [4.69, 9.17) is 13.9 Å². The van der Waals surface area contributed by atoms with Gasteiger partial charge in [0.15, 0.2) is 5.56 Å². The van der Waals surface area contributed by atoms with E-state index < -0.39 is 28.7 Å². The smallest absolute Gasteiger partial charge is 0.375 e. The van der Waals surface area contributed by atoms with Crippen LogP contribution in [0.15, 0.2) is 27.5 Å². The van der Waals surface area contributed by atoms with Gasteiger partial charge in [0.25, 0.3) is 0 Å². The Labute approximate surface area is 155 Å². The Morgan fingerprint density at radius 3 is 2.48 bits per heavy atom. The fraction of sp³-hybridized carbons (Fsp3) is 0.350. The van der Waals surface area contributed by atoms with Crippen LogP contribution in [0.4, 0.5) is 0 Å². The number of aromatic amines is 1. The van der Waals surface area contributed by atoms with Crippen LogP contribution in [0.1, 0.15) is 53.7 Å². The molecule has 3 aromatic rings. The van der Waals surface area contributed by atoms with E-state index >= 15 is 0 Å². The first kappa shape index (κ1) is 18.7.